The number of benzene rings is 1. The summed E-state index contributed by atoms with van der Waals surface area (Å²) in [5.74, 6) is -0.138. The number of aromatic nitrogens is 5. The first kappa shape index (κ1) is 17.0. The Balaban J connectivity index is 1.66. The van der Waals surface area contributed by atoms with Crippen molar-refractivity contribution < 1.29 is 4.79 Å². The molecule has 4 aromatic rings. The summed E-state index contributed by atoms with van der Waals surface area (Å²) in [6.07, 6.45) is 7.20. The van der Waals surface area contributed by atoms with Crippen molar-refractivity contribution in [3.05, 3.63) is 72.1 Å². The van der Waals surface area contributed by atoms with E-state index in [4.69, 9.17) is 0 Å². The molecular weight excluding hydrogens is 340 g/mol. The Morgan fingerprint density at radius 3 is 2.67 bits per heavy atom. The molecule has 0 unspecified atom stereocenters. The highest BCUT2D eigenvalue weighted by atomic mass is 16.2. The molecule has 0 fully saturated rings. The molecule has 0 aliphatic heterocycles. The molecule has 3 heterocycles. The molecule has 0 N–H and O–H groups in total. The van der Waals surface area contributed by atoms with Gasteiger partial charge < -0.3 is 9.30 Å². The number of carbonyl (C=O) groups excluding carboxylic acids is 1. The number of hydrogen-bond acceptors (Lipinski definition) is 4. The van der Waals surface area contributed by atoms with Crippen LogP contribution in [-0.2, 0) is 13.6 Å². The molecular formula is C20H20N6O. The fraction of sp³-hybridized carbons (Fsp3) is 0.200. The summed E-state index contributed by atoms with van der Waals surface area (Å²) in [5, 5.41) is 4.33. The van der Waals surface area contributed by atoms with Crippen molar-refractivity contribution in [2.45, 2.75) is 13.5 Å². The smallest absolute Gasteiger partial charge is 0.274 e. The summed E-state index contributed by atoms with van der Waals surface area (Å²) in [4.78, 5) is 23.6. The van der Waals surface area contributed by atoms with Crippen LogP contribution < -0.4 is 0 Å². The minimum Gasteiger partial charge on any atom is -0.336 e. The van der Waals surface area contributed by atoms with Crippen LogP contribution in [0.15, 0.2) is 55.1 Å². The quantitative estimate of drug-likeness (QED) is 0.561. The molecule has 4 rings (SSSR count). The number of rotatable bonds is 4. The maximum Gasteiger partial charge on any atom is 0.274 e. The zero-order chi connectivity index (χ0) is 19.0. The van der Waals surface area contributed by atoms with Gasteiger partial charge in [0.05, 0.1) is 5.69 Å². The summed E-state index contributed by atoms with van der Waals surface area (Å²) in [7, 11) is 3.65. The van der Waals surface area contributed by atoms with Crippen LogP contribution in [0.25, 0.3) is 16.9 Å². The van der Waals surface area contributed by atoms with Gasteiger partial charge in [-0.2, -0.15) is 5.10 Å². The van der Waals surface area contributed by atoms with Gasteiger partial charge in [0.2, 0.25) is 0 Å². The van der Waals surface area contributed by atoms with Crippen LogP contribution in [0.3, 0.4) is 0 Å². The van der Waals surface area contributed by atoms with Gasteiger partial charge in [0.1, 0.15) is 11.4 Å². The van der Waals surface area contributed by atoms with Crippen molar-refractivity contribution in [3.8, 4) is 11.3 Å². The number of nitrogens with zero attached hydrogens (tertiary/aromatic N) is 6. The van der Waals surface area contributed by atoms with Crippen molar-refractivity contribution in [2.75, 3.05) is 7.05 Å². The monoisotopic (exact) mass is 360 g/mol. The predicted molar refractivity (Wildman–Crippen MR) is 102 cm³/mol. The lowest BCUT2D eigenvalue weighted by atomic mass is 10.1. The molecule has 1 amide bonds. The Morgan fingerprint density at radius 1 is 1.19 bits per heavy atom. The normalized spacial score (nSPS) is 11.1. The Morgan fingerprint density at radius 2 is 1.96 bits per heavy atom. The Bertz CT molecular complexity index is 1110. The molecule has 136 valence electrons. The van der Waals surface area contributed by atoms with Crippen molar-refractivity contribution in [3.63, 3.8) is 0 Å². The number of hydrogen-bond donors (Lipinski definition) is 0. The lowest BCUT2D eigenvalue weighted by Crippen LogP contribution is -2.26. The molecule has 7 nitrogen and oxygen atoms in total. The fourth-order valence-corrected chi connectivity index (χ4v) is 3.15. The zero-order valence-electron chi connectivity index (χ0n) is 15.5. The third kappa shape index (κ3) is 3.19. The van der Waals surface area contributed by atoms with Crippen LogP contribution in [0.5, 0.6) is 0 Å². The van der Waals surface area contributed by atoms with E-state index in [0.29, 0.717) is 17.9 Å². The number of amides is 1. The maximum atomic E-state index is 12.9. The highest BCUT2D eigenvalue weighted by Gasteiger charge is 2.19. The Labute approximate surface area is 156 Å². The fourth-order valence-electron chi connectivity index (χ4n) is 3.15. The Hall–Kier alpha value is -3.48. The number of carbonyl (C=O) groups is 1. The van der Waals surface area contributed by atoms with Gasteiger partial charge in [-0.3, -0.25) is 14.5 Å². The van der Waals surface area contributed by atoms with Gasteiger partial charge in [-0.25, -0.2) is 4.98 Å². The SMILES string of the molecule is Cc1nn(C)cc1CN(C)C(=O)c1cn2ccnc(-c3ccccc3)c2n1. The zero-order valence-corrected chi connectivity index (χ0v) is 15.5. The molecule has 0 radical (unpaired) electrons. The van der Waals surface area contributed by atoms with Crippen molar-refractivity contribution in [2.24, 2.45) is 7.05 Å². The van der Waals surface area contributed by atoms with Crippen molar-refractivity contribution in [1.82, 2.24) is 29.0 Å². The van der Waals surface area contributed by atoms with E-state index in [-0.39, 0.29) is 5.91 Å². The third-order valence-corrected chi connectivity index (χ3v) is 4.51. The second kappa shape index (κ2) is 6.68. The molecule has 27 heavy (non-hydrogen) atoms. The minimum absolute atomic E-state index is 0.138. The minimum atomic E-state index is -0.138. The molecule has 1 aromatic carbocycles. The van der Waals surface area contributed by atoms with Gasteiger partial charge in [0.15, 0.2) is 5.65 Å². The van der Waals surface area contributed by atoms with Crippen LogP contribution in [0.1, 0.15) is 21.7 Å². The summed E-state index contributed by atoms with van der Waals surface area (Å²) in [6, 6.07) is 9.84. The summed E-state index contributed by atoms with van der Waals surface area (Å²) < 4.78 is 3.59. The molecule has 0 spiro atoms. The van der Waals surface area contributed by atoms with E-state index in [1.807, 2.05) is 54.9 Å². The van der Waals surface area contributed by atoms with Crippen molar-refractivity contribution in [1.29, 1.82) is 0 Å². The van der Waals surface area contributed by atoms with Crippen LogP contribution in [0.2, 0.25) is 0 Å². The maximum absolute atomic E-state index is 12.9. The molecule has 0 aliphatic rings. The molecule has 3 aromatic heterocycles. The summed E-state index contributed by atoms with van der Waals surface area (Å²) >= 11 is 0. The number of fused-ring (bicyclic) bond motifs is 1. The van der Waals surface area contributed by atoms with E-state index < -0.39 is 0 Å². The van der Waals surface area contributed by atoms with Crippen molar-refractivity contribution >= 4 is 11.6 Å². The third-order valence-electron chi connectivity index (χ3n) is 4.51. The predicted octanol–water partition coefficient (Wildman–Crippen LogP) is 2.71. The van der Waals surface area contributed by atoms with E-state index in [9.17, 15) is 4.79 Å². The largest absolute Gasteiger partial charge is 0.336 e. The van der Waals surface area contributed by atoms with Crippen LogP contribution in [-0.4, -0.2) is 42.0 Å². The van der Waals surface area contributed by atoms with Gasteiger partial charge in [0, 0.05) is 56.6 Å². The first-order chi connectivity index (χ1) is 13.0. The molecule has 0 saturated heterocycles. The molecule has 0 atom stereocenters. The van der Waals surface area contributed by atoms with Gasteiger partial charge in [-0.05, 0) is 6.92 Å². The highest BCUT2D eigenvalue weighted by Crippen LogP contribution is 2.22. The first-order valence-electron chi connectivity index (χ1n) is 8.66. The standard InChI is InChI=1S/C20H20N6O/c1-14-16(12-25(3)23-14)11-24(2)20(27)17-13-26-10-9-21-18(19(26)22-17)15-7-5-4-6-8-15/h4-10,12-13H,11H2,1-3H3. The second-order valence-corrected chi connectivity index (χ2v) is 6.57. The molecule has 0 aliphatic carbocycles. The lowest BCUT2D eigenvalue weighted by Gasteiger charge is -2.15. The van der Waals surface area contributed by atoms with Gasteiger partial charge in [-0.15, -0.1) is 0 Å². The molecule has 0 saturated carbocycles. The first-order valence-corrected chi connectivity index (χ1v) is 8.66. The molecule has 7 heteroatoms. The van der Waals surface area contributed by atoms with E-state index in [2.05, 4.69) is 15.1 Å². The van der Waals surface area contributed by atoms with E-state index >= 15 is 0 Å². The lowest BCUT2D eigenvalue weighted by molar-refractivity contribution is 0.0780. The van der Waals surface area contributed by atoms with Gasteiger partial charge in [-0.1, -0.05) is 30.3 Å². The van der Waals surface area contributed by atoms with Crippen LogP contribution >= 0.6 is 0 Å². The summed E-state index contributed by atoms with van der Waals surface area (Å²) in [6.45, 7) is 2.42. The number of imidazole rings is 1. The highest BCUT2D eigenvalue weighted by molar-refractivity contribution is 5.93. The van der Waals surface area contributed by atoms with Crippen LogP contribution in [0.4, 0.5) is 0 Å². The average molecular weight is 360 g/mol. The van der Waals surface area contributed by atoms with E-state index in [0.717, 1.165) is 22.5 Å². The second-order valence-electron chi connectivity index (χ2n) is 6.57. The number of aryl methyl sites for hydroxylation is 2. The van der Waals surface area contributed by atoms with Crippen LogP contribution in [0, 0.1) is 6.92 Å². The Kier molecular flexibility index (Phi) is 4.19. The van der Waals surface area contributed by atoms with Gasteiger partial charge >= 0.3 is 0 Å². The average Bonchev–Trinajstić information content (AvgIpc) is 3.24. The van der Waals surface area contributed by atoms with Gasteiger partial charge in [0.25, 0.3) is 5.91 Å². The summed E-state index contributed by atoms with van der Waals surface area (Å²) in [5.41, 5.74) is 4.71. The van der Waals surface area contributed by atoms with E-state index in [1.165, 1.54) is 0 Å². The molecule has 0 bridgehead atoms. The topological polar surface area (TPSA) is 68.3 Å². The van der Waals surface area contributed by atoms with E-state index in [1.54, 1.807) is 35.2 Å².